The zero-order valence-corrected chi connectivity index (χ0v) is 9.20. The average molecular weight is 264 g/mol. The lowest BCUT2D eigenvalue weighted by atomic mass is 10.2. The van der Waals surface area contributed by atoms with Crippen LogP contribution in [-0.2, 0) is 15.7 Å². The van der Waals surface area contributed by atoms with Gasteiger partial charge in [-0.15, -0.1) is 0 Å². The summed E-state index contributed by atoms with van der Waals surface area (Å²) in [5.41, 5.74) is -0.800. The van der Waals surface area contributed by atoms with Crippen LogP contribution in [0.1, 0.15) is 5.56 Å². The van der Waals surface area contributed by atoms with Crippen LogP contribution in [-0.4, -0.2) is 35.8 Å². The molecule has 0 aromatic carbocycles. The Labute approximate surface area is 101 Å². The molecule has 0 aliphatic carbocycles. The lowest BCUT2D eigenvalue weighted by Gasteiger charge is -2.09. The van der Waals surface area contributed by atoms with Gasteiger partial charge in [0.15, 0.2) is 0 Å². The zero-order chi connectivity index (χ0) is 13.6. The highest BCUT2D eigenvalue weighted by Gasteiger charge is 2.30. The van der Waals surface area contributed by atoms with Gasteiger partial charge in [0.05, 0.1) is 12.2 Å². The summed E-state index contributed by atoms with van der Waals surface area (Å²) in [5, 5.41) is 10.9. The maximum atomic E-state index is 12.4. The summed E-state index contributed by atoms with van der Waals surface area (Å²) < 4.78 is 41.8. The molecule has 1 heterocycles. The Kier molecular flexibility index (Phi) is 4.90. The van der Waals surface area contributed by atoms with Crippen LogP contribution >= 0.6 is 0 Å². The summed E-state index contributed by atoms with van der Waals surface area (Å²) in [4.78, 5) is 13.8. The predicted molar refractivity (Wildman–Crippen MR) is 56.2 cm³/mol. The minimum Gasteiger partial charge on any atom is -0.480 e. The number of anilines is 1. The standard InChI is InChI=1S/C10H11F3N2O3/c11-10(12,13)7-1-2-14-8(5-7)15-3-4-18-6-9(16)17/h1-2,5H,3-4,6H2,(H,14,15)(H,16,17). The van der Waals surface area contributed by atoms with Crippen molar-refractivity contribution in [1.82, 2.24) is 4.98 Å². The second kappa shape index (κ2) is 6.20. The van der Waals surface area contributed by atoms with Gasteiger partial charge < -0.3 is 15.2 Å². The molecule has 1 aromatic rings. The topological polar surface area (TPSA) is 71.5 Å². The van der Waals surface area contributed by atoms with Crippen molar-refractivity contribution in [2.45, 2.75) is 6.18 Å². The molecule has 8 heteroatoms. The number of nitrogens with zero attached hydrogens (tertiary/aromatic N) is 1. The number of aromatic nitrogens is 1. The van der Waals surface area contributed by atoms with Gasteiger partial charge in [-0.05, 0) is 12.1 Å². The molecule has 0 aliphatic rings. The third-order valence-corrected chi connectivity index (χ3v) is 1.87. The van der Waals surface area contributed by atoms with Gasteiger partial charge in [0.2, 0.25) is 0 Å². The zero-order valence-electron chi connectivity index (χ0n) is 9.20. The van der Waals surface area contributed by atoms with E-state index >= 15 is 0 Å². The maximum Gasteiger partial charge on any atom is 0.416 e. The lowest BCUT2D eigenvalue weighted by Crippen LogP contribution is -2.15. The summed E-state index contributed by atoms with van der Waals surface area (Å²) in [6.07, 6.45) is -3.37. The minimum absolute atomic E-state index is 0.0590. The van der Waals surface area contributed by atoms with Gasteiger partial charge in [0, 0.05) is 12.7 Å². The fourth-order valence-corrected chi connectivity index (χ4v) is 1.11. The van der Waals surface area contributed by atoms with Crippen LogP contribution < -0.4 is 5.32 Å². The Balaban J connectivity index is 2.41. The quantitative estimate of drug-likeness (QED) is 0.764. The largest absolute Gasteiger partial charge is 0.480 e. The molecule has 0 atom stereocenters. The molecule has 0 aliphatic heterocycles. The van der Waals surface area contributed by atoms with Crippen LogP contribution in [0.2, 0.25) is 0 Å². The Bertz CT molecular complexity index is 410. The van der Waals surface area contributed by atoms with Crippen molar-refractivity contribution in [3.63, 3.8) is 0 Å². The number of carbonyl (C=O) groups is 1. The number of pyridine rings is 1. The molecular formula is C10H11F3N2O3. The third-order valence-electron chi connectivity index (χ3n) is 1.87. The minimum atomic E-state index is -4.42. The smallest absolute Gasteiger partial charge is 0.416 e. The number of carboxylic acids is 1. The van der Waals surface area contributed by atoms with Gasteiger partial charge in [-0.1, -0.05) is 0 Å². The van der Waals surface area contributed by atoms with E-state index in [0.717, 1.165) is 18.3 Å². The first-order valence-electron chi connectivity index (χ1n) is 4.96. The fraction of sp³-hybridized carbons (Fsp3) is 0.400. The highest BCUT2D eigenvalue weighted by molar-refractivity contribution is 5.67. The molecule has 18 heavy (non-hydrogen) atoms. The number of hydrogen-bond acceptors (Lipinski definition) is 4. The second-order valence-corrected chi connectivity index (χ2v) is 3.30. The van der Waals surface area contributed by atoms with Crippen molar-refractivity contribution >= 4 is 11.8 Å². The van der Waals surface area contributed by atoms with Gasteiger partial charge in [-0.25, -0.2) is 9.78 Å². The molecule has 1 aromatic heterocycles. The summed E-state index contributed by atoms with van der Waals surface area (Å²) in [7, 11) is 0. The lowest BCUT2D eigenvalue weighted by molar-refractivity contribution is -0.142. The second-order valence-electron chi connectivity index (χ2n) is 3.30. The van der Waals surface area contributed by atoms with Gasteiger partial charge in [0.25, 0.3) is 0 Å². The molecule has 0 spiro atoms. The molecule has 0 radical (unpaired) electrons. The summed E-state index contributed by atoms with van der Waals surface area (Å²) in [5.74, 6) is -1.05. The van der Waals surface area contributed by atoms with Crippen LogP contribution in [0.5, 0.6) is 0 Å². The predicted octanol–water partition coefficient (Wildman–Crippen LogP) is 1.61. The average Bonchev–Trinajstić information content (AvgIpc) is 2.27. The number of nitrogens with one attached hydrogen (secondary N) is 1. The van der Waals surface area contributed by atoms with E-state index < -0.39 is 24.3 Å². The van der Waals surface area contributed by atoms with E-state index in [-0.39, 0.29) is 19.0 Å². The van der Waals surface area contributed by atoms with Gasteiger partial charge in [-0.2, -0.15) is 13.2 Å². The molecule has 0 fully saturated rings. The van der Waals surface area contributed by atoms with Crippen molar-refractivity contribution in [1.29, 1.82) is 0 Å². The highest BCUT2D eigenvalue weighted by Crippen LogP contribution is 2.29. The van der Waals surface area contributed by atoms with Crippen molar-refractivity contribution < 1.29 is 27.8 Å². The molecule has 0 unspecified atom stereocenters. The van der Waals surface area contributed by atoms with Crippen LogP contribution in [0, 0.1) is 0 Å². The van der Waals surface area contributed by atoms with Crippen molar-refractivity contribution in [3.05, 3.63) is 23.9 Å². The number of ether oxygens (including phenoxy) is 1. The van der Waals surface area contributed by atoms with E-state index in [2.05, 4.69) is 10.3 Å². The number of halogens is 3. The fourth-order valence-electron chi connectivity index (χ4n) is 1.11. The van der Waals surface area contributed by atoms with E-state index in [1.54, 1.807) is 0 Å². The first kappa shape index (κ1) is 14.2. The molecule has 100 valence electrons. The van der Waals surface area contributed by atoms with Crippen LogP contribution in [0.3, 0.4) is 0 Å². The van der Waals surface area contributed by atoms with E-state index in [9.17, 15) is 18.0 Å². The van der Waals surface area contributed by atoms with E-state index in [1.165, 1.54) is 0 Å². The molecule has 0 saturated heterocycles. The number of rotatable bonds is 6. The number of aliphatic carboxylic acids is 1. The SMILES string of the molecule is O=C(O)COCCNc1cc(C(F)(F)F)ccn1. The maximum absolute atomic E-state index is 12.4. The molecule has 5 nitrogen and oxygen atoms in total. The first-order chi connectivity index (χ1) is 8.39. The first-order valence-corrected chi connectivity index (χ1v) is 4.96. The summed E-state index contributed by atoms with van der Waals surface area (Å²) >= 11 is 0. The van der Waals surface area contributed by atoms with Crippen LogP contribution in [0.4, 0.5) is 19.0 Å². The van der Waals surface area contributed by atoms with E-state index in [1.807, 2.05) is 0 Å². The third kappa shape index (κ3) is 5.00. The van der Waals surface area contributed by atoms with E-state index in [4.69, 9.17) is 9.84 Å². The van der Waals surface area contributed by atoms with Crippen molar-refractivity contribution in [2.75, 3.05) is 25.1 Å². The Morgan fingerprint density at radius 2 is 2.22 bits per heavy atom. The van der Waals surface area contributed by atoms with Crippen molar-refractivity contribution in [3.8, 4) is 0 Å². The molecule has 2 N–H and O–H groups in total. The molecule has 0 saturated carbocycles. The Hall–Kier alpha value is -1.83. The summed E-state index contributed by atoms with van der Waals surface area (Å²) in [6.45, 7) is -0.219. The van der Waals surface area contributed by atoms with Gasteiger partial charge in [-0.3, -0.25) is 0 Å². The van der Waals surface area contributed by atoms with Crippen LogP contribution in [0.25, 0.3) is 0 Å². The number of carboxylic acid groups (broad SMARTS) is 1. The molecule has 0 bridgehead atoms. The number of hydrogen-bond donors (Lipinski definition) is 2. The summed E-state index contributed by atoms with van der Waals surface area (Å²) in [6, 6.07) is 1.74. The van der Waals surface area contributed by atoms with Gasteiger partial charge >= 0.3 is 12.1 Å². The normalized spacial score (nSPS) is 11.3. The Morgan fingerprint density at radius 3 is 2.83 bits per heavy atom. The molecule has 1 rings (SSSR count). The Morgan fingerprint density at radius 1 is 1.50 bits per heavy atom. The van der Waals surface area contributed by atoms with Crippen molar-refractivity contribution in [2.24, 2.45) is 0 Å². The van der Waals surface area contributed by atoms with Crippen LogP contribution in [0.15, 0.2) is 18.3 Å². The monoisotopic (exact) mass is 264 g/mol. The van der Waals surface area contributed by atoms with E-state index in [0.29, 0.717) is 0 Å². The van der Waals surface area contributed by atoms with Gasteiger partial charge in [0.1, 0.15) is 12.4 Å². The molecular weight excluding hydrogens is 253 g/mol. The molecule has 0 amide bonds. The highest BCUT2D eigenvalue weighted by atomic mass is 19.4. The number of alkyl halides is 3.